The first-order valence-electron chi connectivity index (χ1n) is 10.5. The van der Waals surface area contributed by atoms with Gasteiger partial charge in [-0.15, -0.1) is 24.0 Å². The van der Waals surface area contributed by atoms with Crippen LogP contribution in [0.1, 0.15) is 44.9 Å². The fourth-order valence-corrected chi connectivity index (χ4v) is 3.97. The largest absolute Gasteiger partial charge is 0.370 e. The van der Waals surface area contributed by atoms with Crippen molar-refractivity contribution in [1.82, 2.24) is 10.2 Å². The Hall–Kier alpha value is -1.58. The van der Waals surface area contributed by atoms with E-state index >= 15 is 0 Å². The molecule has 1 aromatic carbocycles. The van der Waals surface area contributed by atoms with Crippen LogP contribution in [0.4, 0.5) is 10.1 Å². The van der Waals surface area contributed by atoms with Crippen molar-refractivity contribution in [2.24, 2.45) is 10.7 Å². The van der Waals surface area contributed by atoms with Gasteiger partial charge < -0.3 is 20.9 Å². The van der Waals surface area contributed by atoms with E-state index in [1.807, 2.05) is 4.90 Å². The first-order chi connectivity index (χ1) is 13.6. The SMILES string of the molecule is I.NC(=NCCC(=O)N1CCN(c2ccc(F)cc2)CC1)NC1CCCCCC1. The highest BCUT2D eigenvalue weighted by atomic mass is 127. The second kappa shape index (κ2) is 12.2. The van der Waals surface area contributed by atoms with Crippen molar-refractivity contribution in [2.45, 2.75) is 51.0 Å². The Labute approximate surface area is 190 Å². The first-order valence-corrected chi connectivity index (χ1v) is 10.5. The molecule has 1 aromatic rings. The number of piperazine rings is 1. The monoisotopic (exact) mass is 517 g/mol. The van der Waals surface area contributed by atoms with E-state index in [9.17, 15) is 9.18 Å². The quantitative estimate of drug-likeness (QED) is 0.273. The van der Waals surface area contributed by atoms with Crippen LogP contribution in [-0.4, -0.2) is 55.5 Å². The van der Waals surface area contributed by atoms with Crippen molar-refractivity contribution < 1.29 is 9.18 Å². The Balaban J connectivity index is 0.00000300. The molecule has 0 unspecified atom stereocenters. The van der Waals surface area contributed by atoms with Gasteiger partial charge in [-0.1, -0.05) is 25.7 Å². The van der Waals surface area contributed by atoms with Crippen molar-refractivity contribution >= 4 is 41.5 Å². The molecule has 162 valence electrons. The standard InChI is InChI=1S/C21H32FN5O.HI/c22-17-7-9-19(10-8-17)26-13-15-27(16-14-26)20(28)11-12-24-21(23)25-18-5-3-1-2-4-6-18;/h7-10,18H,1-6,11-16H2,(H3,23,24,25);1H. The Morgan fingerprint density at radius 2 is 1.69 bits per heavy atom. The summed E-state index contributed by atoms with van der Waals surface area (Å²) in [5.41, 5.74) is 6.99. The average molecular weight is 517 g/mol. The molecule has 1 amide bonds. The van der Waals surface area contributed by atoms with E-state index in [4.69, 9.17) is 5.73 Å². The molecule has 1 aliphatic carbocycles. The molecule has 1 aliphatic heterocycles. The van der Waals surface area contributed by atoms with E-state index in [1.54, 1.807) is 12.1 Å². The van der Waals surface area contributed by atoms with E-state index < -0.39 is 0 Å². The molecular formula is C21H33FIN5O. The molecule has 0 spiro atoms. The van der Waals surface area contributed by atoms with Gasteiger partial charge in [-0.2, -0.15) is 0 Å². The van der Waals surface area contributed by atoms with Crippen molar-refractivity contribution in [2.75, 3.05) is 37.6 Å². The summed E-state index contributed by atoms with van der Waals surface area (Å²) < 4.78 is 13.1. The van der Waals surface area contributed by atoms with Gasteiger partial charge in [0.05, 0.1) is 6.54 Å². The van der Waals surface area contributed by atoms with E-state index in [-0.39, 0.29) is 35.7 Å². The number of benzene rings is 1. The number of carbonyl (C=O) groups is 1. The zero-order valence-electron chi connectivity index (χ0n) is 17.0. The van der Waals surface area contributed by atoms with Crippen LogP contribution < -0.4 is 16.0 Å². The molecule has 3 N–H and O–H groups in total. The molecule has 0 atom stereocenters. The van der Waals surface area contributed by atoms with Crippen LogP contribution in [0.3, 0.4) is 0 Å². The molecule has 8 heteroatoms. The highest BCUT2D eigenvalue weighted by Gasteiger charge is 2.21. The topological polar surface area (TPSA) is 74.0 Å². The summed E-state index contributed by atoms with van der Waals surface area (Å²) in [6.07, 6.45) is 7.77. The smallest absolute Gasteiger partial charge is 0.224 e. The molecule has 0 aromatic heterocycles. The lowest BCUT2D eigenvalue weighted by atomic mass is 10.1. The number of nitrogens with two attached hydrogens (primary N) is 1. The molecule has 1 saturated carbocycles. The van der Waals surface area contributed by atoms with Crippen LogP contribution in [0.15, 0.2) is 29.3 Å². The van der Waals surface area contributed by atoms with Crippen molar-refractivity contribution in [1.29, 1.82) is 0 Å². The van der Waals surface area contributed by atoms with Crippen LogP contribution in [0.25, 0.3) is 0 Å². The predicted molar refractivity (Wildman–Crippen MR) is 126 cm³/mol. The number of carbonyl (C=O) groups excluding carboxylic acids is 1. The van der Waals surface area contributed by atoms with Crippen LogP contribution >= 0.6 is 24.0 Å². The summed E-state index contributed by atoms with van der Waals surface area (Å²) in [5, 5.41) is 3.31. The molecule has 2 fully saturated rings. The maximum absolute atomic E-state index is 13.1. The lowest BCUT2D eigenvalue weighted by molar-refractivity contribution is -0.131. The molecule has 1 heterocycles. The summed E-state index contributed by atoms with van der Waals surface area (Å²) in [5.74, 6) is 0.344. The number of anilines is 1. The third-order valence-electron chi connectivity index (χ3n) is 5.64. The van der Waals surface area contributed by atoms with E-state index in [2.05, 4.69) is 15.2 Å². The maximum atomic E-state index is 13.1. The fraction of sp³-hybridized carbons (Fsp3) is 0.619. The van der Waals surface area contributed by atoms with Gasteiger partial charge in [-0.3, -0.25) is 9.79 Å². The summed E-state index contributed by atoms with van der Waals surface area (Å²) in [6, 6.07) is 6.93. The number of amides is 1. The normalized spacial score (nSPS) is 18.7. The van der Waals surface area contributed by atoms with Gasteiger partial charge in [-0.25, -0.2) is 4.39 Å². The van der Waals surface area contributed by atoms with Crippen molar-refractivity contribution in [3.05, 3.63) is 30.1 Å². The van der Waals surface area contributed by atoms with Crippen LogP contribution in [0.2, 0.25) is 0 Å². The number of hydrogen-bond acceptors (Lipinski definition) is 3. The number of halogens is 2. The second-order valence-electron chi connectivity index (χ2n) is 7.69. The zero-order chi connectivity index (χ0) is 19.8. The Morgan fingerprint density at radius 1 is 1.07 bits per heavy atom. The molecule has 0 bridgehead atoms. The number of nitrogens with zero attached hydrogens (tertiary/aromatic N) is 3. The van der Waals surface area contributed by atoms with Gasteiger partial charge in [0.1, 0.15) is 5.82 Å². The lowest BCUT2D eigenvalue weighted by Crippen LogP contribution is -2.49. The number of guanidine groups is 1. The average Bonchev–Trinajstić information content (AvgIpc) is 2.97. The van der Waals surface area contributed by atoms with Crippen LogP contribution in [-0.2, 0) is 4.79 Å². The third kappa shape index (κ3) is 7.64. The summed E-state index contributed by atoms with van der Waals surface area (Å²) in [6.45, 7) is 3.28. The Morgan fingerprint density at radius 3 is 2.31 bits per heavy atom. The predicted octanol–water partition coefficient (Wildman–Crippen LogP) is 3.11. The van der Waals surface area contributed by atoms with Gasteiger partial charge >= 0.3 is 0 Å². The molecule has 6 nitrogen and oxygen atoms in total. The fourth-order valence-electron chi connectivity index (χ4n) is 3.97. The maximum Gasteiger partial charge on any atom is 0.224 e. The lowest BCUT2D eigenvalue weighted by Gasteiger charge is -2.36. The van der Waals surface area contributed by atoms with E-state index in [1.165, 1.54) is 37.8 Å². The highest BCUT2D eigenvalue weighted by molar-refractivity contribution is 14.0. The molecule has 1 saturated heterocycles. The molecule has 0 radical (unpaired) electrons. The van der Waals surface area contributed by atoms with Crippen molar-refractivity contribution in [3.8, 4) is 0 Å². The number of rotatable bonds is 5. The first kappa shape index (κ1) is 23.7. The zero-order valence-corrected chi connectivity index (χ0v) is 19.3. The summed E-state index contributed by atoms with van der Waals surface area (Å²) in [7, 11) is 0. The summed E-state index contributed by atoms with van der Waals surface area (Å²) >= 11 is 0. The minimum atomic E-state index is -0.231. The highest BCUT2D eigenvalue weighted by Crippen LogP contribution is 2.18. The molecule has 29 heavy (non-hydrogen) atoms. The van der Waals surface area contributed by atoms with Gasteiger partial charge in [-0.05, 0) is 37.1 Å². The minimum absolute atomic E-state index is 0. The van der Waals surface area contributed by atoms with E-state index in [0.717, 1.165) is 31.6 Å². The van der Waals surface area contributed by atoms with Crippen LogP contribution in [0.5, 0.6) is 0 Å². The number of nitrogens with one attached hydrogen (secondary N) is 1. The molecule has 3 rings (SSSR count). The van der Waals surface area contributed by atoms with Gasteiger partial charge in [0, 0.05) is 44.3 Å². The Bertz CT molecular complexity index is 654. The Kier molecular flexibility index (Phi) is 9.96. The van der Waals surface area contributed by atoms with E-state index in [0.29, 0.717) is 38.1 Å². The van der Waals surface area contributed by atoms with Crippen molar-refractivity contribution in [3.63, 3.8) is 0 Å². The molecule has 2 aliphatic rings. The van der Waals surface area contributed by atoms with Gasteiger partial charge in [0.15, 0.2) is 5.96 Å². The minimum Gasteiger partial charge on any atom is -0.370 e. The van der Waals surface area contributed by atoms with Gasteiger partial charge in [0.2, 0.25) is 5.91 Å². The second-order valence-corrected chi connectivity index (χ2v) is 7.69. The van der Waals surface area contributed by atoms with Crippen LogP contribution in [0, 0.1) is 5.82 Å². The number of aliphatic imine (C=N–C) groups is 1. The third-order valence-corrected chi connectivity index (χ3v) is 5.64. The van der Waals surface area contributed by atoms with Gasteiger partial charge in [0.25, 0.3) is 0 Å². The summed E-state index contributed by atoms with van der Waals surface area (Å²) in [4.78, 5) is 20.8. The molecular weight excluding hydrogens is 484 g/mol. The number of hydrogen-bond donors (Lipinski definition) is 2.